The minimum atomic E-state index is -0.901. The fraction of sp³-hybridized carbons (Fsp3) is 0.269. The largest absolute Gasteiger partial charge is 0.494 e. The number of aromatic amines is 1. The molecular formula is C26H29N5O4. The third-order valence-corrected chi connectivity index (χ3v) is 5.83. The van der Waals surface area contributed by atoms with E-state index >= 15 is 0 Å². The second-order valence-corrected chi connectivity index (χ2v) is 9.12. The fourth-order valence-electron chi connectivity index (χ4n) is 3.93. The number of pyridine rings is 1. The fourth-order valence-corrected chi connectivity index (χ4v) is 3.93. The molecule has 9 heteroatoms. The monoisotopic (exact) mass is 475 g/mol. The molecule has 1 heterocycles. The number of H-pyrrole nitrogens is 1. The number of carbonyl (C=O) groups is 2. The van der Waals surface area contributed by atoms with E-state index in [1.807, 2.05) is 32.0 Å². The average Bonchev–Trinajstić information content (AvgIpc) is 2.79. The van der Waals surface area contributed by atoms with Crippen LogP contribution in [0.1, 0.15) is 54.6 Å². The van der Waals surface area contributed by atoms with E-state index in [1.165, 1.54) is 12.5 Å². The molecule has 9 nitrogen and oxygen atoms in total. The number of nitrogens with one attached hydrogen (secondary N) is 2. The number of aromatic nitrogens is 1. The first-order chi connectivity index (χ1) is 16.5. The van der Waals surface area contributed by atoms with Crippen molar-refractivity contribution in [2.24, 2.45) is 21.4 Å². The Balaban J connectivity index is 1.77. The van der Waals surface area contributed by atoms with Gasteiger partial charge in [0.2, 0.25) is 11.8 Å². The quantitative estimate of drug-likeness (QED) is 0.337. The van der Waals surface area contributed by atoms with Crippen LogP contribution in [0.5, 0.6) is 5.88 Å². The molecule has 0 bridgehead atoms. The molecule has 2 aromatic carbocycles. The van der Waals surface area contributed by atoms with Crippen molar-refractivity contribution in [2.45, 2.75) is 40.0 Å². The molecular weight excluding hydrogens is 446 g/mol. The number of anilines is 1. The summed E-state index contributed by atoms with van der Waals surface area (Å²) in [6, 6.07) is 16.8. The summed E-state index contributed by atoms with van der Waals surface area (Å²) in [6.07, 6.45) is 0.660. The molecule has 3 aromatic rings. The maximum absolute atomic E-state index is 13.0. The highest BCUT2D eigenvalue weighted by Crippen LogP contribution is 2.33. The molecule has 0 spiro atoms. The molecule has 1 atom stereocenters. The van der Waals surface area contributed by atoms with Gasteiger partial charge in [-0.25, -0.2) is 0 Å². The number of aromatic hydroxyl groups is 1. The van der Waals surface area contributed by atoms with Crippen molar-refractivity contribution in [3.05, 3.63) is 81.6 Å². The van der Waals surface area contributed by atoms with Crippen LogP contribution >= 0.6 is 0 Å². The highest BCUT2D eigenvalue weighted by atomic mass is 16.3. The summed E-state index contributed by atoms with van der Waals surface area (Å²) in [5, 5.41) is 20.7. The zero-order valence-electron chi connectivity index (χ0n) is 20.1. The SMILES string of the molecule is Cc1c(C(N)=O)c(O)[nH]c(=O)c1N=Nc1cccc(NC(=O)C(C)(C)CC(C)c2ccccc2)c1. The molecule has 5 N–H and O–H groups in total. The Morgan fingerprint density at radius 3 is 2.46 bits per heavy atom. The van der Waals surface area contributed by atoms with Gasteiger partial charge in [-0.15, -0.1) is 5.11 Å². The number of carbonyl (C=O) groups excluding carboxylic acids is 2. The number of azo groups is 1. The molecule has 0 radical (unpaired) electrons. The molecule has 182 valence electrons. The highest BCUT2D eigenvalue weighted by Gasteiger charge is 2.30. The van der Waals surface area contributed by atoms with Crippen LogP contribution in [-0.2, 0) is 4.79 Å². The lowest BCUT2D eigenvalue weighted by Crippen LogP contribution is -2.32. The Labute approximate surface area is 203 Å². The average molecular weight is 476 g/mol. The highest BCUT2D eigenvalue weighted by molar-refractivity contribution is 5.97. The topological polar surface area (TPSA) is 150 Å². The molecule has 0 aliphatic rings. The second-order valence-electron chi connectivity index (χ2n) is 9.12. The standard InChI is InChI=1S/C26H29N5O4/c1-15(17-9-6-5-7-10-17)14-26(3,4)25(35)28-18-11-8-12-19(13-18)30-31-21-16(2)20(22(27)32)23(33)29-24(21)34/h5-13,15H,14H2,1-4H3,(H2,27,32)(H,28,35)(H2,29,33,34). The van der Waals surface area contributed by atoms with Crippen LogP contribution in [0, 0.1) is 12.3 Å². The van der Waals surface area contributed by atoms with Crippen LogP contribution in [0.4, 0.5) is 17.1 Å². The van der Waals surface area contributed by atoms with Gasteiger partial charge in [-0.2, -0.15) is 5.11 Å². The lowest BCUT2D eigenvalue weighted by molar-refractivity contribution is -0.124. The lowest BCUT2D eigenvalue weighted by Gasteiger charge is -2.27. The second kappa shape index (κ2) is 10.3. The Kier molecular flexibility index (Phi) is 7.49. The van der Waals surface area contributed by atoms with Gasteiger partial charge in [-0.05, 0) is 43.0 Å². The van der Waals surface area contributed by atoms with Gasteiger partial charge in [-0.3, -0.25) is 19.4 Å². The zero-order chi connectivity index (χ0) is 25.8. The smallest absolute Gasteiger partial charge is 0.278 e. The van der Waals surface area contributed by atoms with Crippen molar-refractivity contribution in [3.63, 3.8) is 0 Å². The Morgan fingerprint density at radius 2 is 1.80 bits per heavy atom. The number of rotatable bonds is 8. The molecule has 35 heavy (non-hydrogen) atoms. The third kappa shape index (κ3) is 6.00. The van der Waals surface area contributed by atoms with Crippen LogP contribution in [0.3, 0.4) is 0 Å². The van der Waals surface area contributed by atoms with E-state index in [4.69, 9.17) is 5.73 Å². The summed E-state index contributed by atoms with van der Waals surface area (Å²) >= 11 is 0. The van der Waals surface area contributed by atoms with Gasteiger partial charge >= 0.3 is 0 Å². The number of primary amides is 1. The molecule has 3 rings (SSSR count). The van der Waals surface area contributed by atoms with Gasteiger partial charge < -0.3 is 16.2 Å². The summed E-state index contributed by atoms with van der Waals surface area (Å²) < 4.78 is 0. The molecule has 0 aliphatic heterocycles. The molecule has 0 fully saturated rings. The Hall–Kier alpha value is -4.27. The summed E-state index contributed by atoms with van der Waals surface area (Å²) in [5.74, 6) is -1.45. The van der Waals surface area contributed by atoms with Crippen molar-refractivity contribution in [1.82, 2.24) is 4.98 Å². The van der Waals surface area contributed by atoms with E-state index in [2.05, 4.69) is 39.6 Å². The molecule has 1 aromatic heterocycles. The first kappa shape index (κ1) is 25.4. The summed E-state index contributed by atoms with van der Waals surface area (Å²) in [7, 11) is 0. The van der Waals surface area contributed by atoms with Gasteiger partial charge in [-0.1, -0.05) is 57.2 Å². The van der Waals surface area contributed by atoms with Gasteiger partial charge in [0.1, 0.15) is 5.56 Å². The molecule has 0 saturated carbocycles. The molecule has 0 aliphatic carbocycles. The minimum Gasteiger partial charge on any atom is -0.494 e. The number of hydrogen-bond donors (Lipinski definition) is 4. The number of benzene rings is 2. The van der Waals surface area contributed by atoms with E-state index in [0.717, 1.165) is 0 Å². The molecule has 0 saturated heterocycles. The Morgan fingerprint density at radius 1 is 1.11 bits per heavy atom. The van der Waals surface area contributed by atoms with Gasteiger partial charge in [0, 0.05) is 16.7 Å². The van der Waals surface area contributed by atoms with Crippen molar-refractivity contribution < 1.29 is 14.7 Å². The van der Waals surface area contributed by atoms with Crippen LogP contribution in [0.15, 0.2) is 69.6 Å². The van der Waals surface area contributed by atoms with E-state index in [9.17, 15) is 19.5 Å². The summed E-state index contributed by atoms with van der Waals surface area (Å²) in [5.41, 5.74) is 5.74. The van der Waals surface area contributed by atoms with E-state index in [1.54, 1.807) is 24.3 Å². The van der Waals surface area contributed by atoms with Gasteiger partial charge in [0.25, 0.3) is 11.5 Å². The van der Waals surface area contributed by atoms with Gasteiger partial charge in [0.05, 0.1) is 5.69 Å². The van der Waals surface area contributed by atoms with Crippen molar-refractivity contribution in [3.8, 4) is 5.88 Å². The number of hydrogen-bond acceptors (Lipinski definition) is 6. The molecule has 2 amide bonds. The number of nitrogens with zero attached hydrogens (tertiary/aromatic N) is 2. The van der Waals surface area contributed by atoms with Crippen LogP contribution in [-0.4, -0.2) is 21.9 Å². The van der Waals surface area contributed by atoms with Crippen molar-refractivity contribution >= 4 is 28.9 Å². The summed E-state index contributed by atoms with van der Waals surface area (Å²) in [4.78, 5) is 38.9. The van der Waals surface area contributed by atoms with Crippen molar-refractivity contribution in [2.75, 3.05) is 5.32 Å². The van der Waals surface area contributed by atoms with Crippen LogP contribution in [0.25, 0.3) is 0 Å². The predicted molar refractivity (Wildman–Crippen MR) is 134 cm³/mol. The lowest BCUT2D eigenvalue weighted by atomic mass is 9.80. The van der Waals surface area contributed by atoms with Crippen LogP contribution < -0.4 is 16.6 Å². The maximum atomic E-state index is 13.0. The van der Waals surface area contributed by atoms with Crippen LogP contribution in [0.2, 0.25) is 0 Å². The maximum Gasteiger partial charge on any atom is 0.278 e. The van der Waals surface area contributed by atoms with E-state index in [-0.39, 0.29) is 28.6 Å². The predicted octanol–water partition coefficient (Wildman–Crippen LogP) is 5.06. The number of amides is 2. The van der Waals surface area contributed by atoms with Gasteiger partial charge in [0.15, 0.2) is 5.69 Å². The minimum absolute atomic E-state index is 0.112. The first-order valence-corrected chi connectivity index (χ1v) is 11.1. The molecule has 1 unspecified atom stereocenters. The van der Waals surface area contributed by atoms with Crippen molar-refractivity contribution in [1.29, 1.82) is 0 Å². The van der Waals surface area contributed by atoms with E-state index < -0.39 is 22.8 Å². The third-order valence-electron chi connectivity index (χ3n) is 5.83. The number of nitrogens with two attached hydrogens (primary N) is 1. The first-order valence-electron chi connectivity index (χ1n) is 11.1. The Bertz CT molecular complexity index is 1330. The van der Waals surface area contributed by atoms with E-state index in [0.29, 0.717) is 17.8 Å². The zero-order valence-corrected chi connectivity index (χ0v) is 20.1. The normalized spacial score (nSPS) is 12.5. The summed E-state index contributed by atoms with van der Waals surface area (Å²) in [6.45, 7) is 7.35.